The Bertz CT molecular complexity index is 886. The summed E-state index contributed by atoms with van der Waals surface area (Å²) in [5, 5.41) is 7.67. The summed E-state index contributed by atoms with van der Waals surface area (Å²) in [4.78, 5) is 12.1. The molecule has 4 nitrogen and oxygen atoms in total. The van der Waals surface area contributed by atoms with E-state index in [1.807, 2.05) is 24.3 Å². The minimum Gasteiger partial charge on any atom is -0.307 e. The van der Waals surface area contributed by atoms with Gasteiger partial charge in [0.25, 0.3) is 0 Å². The maximum atomic E-state index is 12.9. The zero-order valence-electron chi connectivity index (χ0n) is 13.2. The van der Waals surface area contributed by atoms with Crippen molar-refractivity contribution in [1.29, 1.82) is 0 Å². The molecular formula is C19H15ClFN3O. The first kappa shape index (κ1) is 16.9. The predicted molar refractivity (Wildman–Crippen MR) is 96.8 cm³/mol. The van der Waals surface area contributed by atoms with Gasteiger partial charge in [-0.25, -0.2) is 9.07 Å². The van der Waals surface area contributed by atoms with Crippen molar-refractivity contribution < 1.29 is 9.18 Å². The number of hydrogen-bond donors (Lipinski definition) is 1. The molecule has 0 atom stereocenters. The molecule has 0 saturated heterocycles. The number of benzene rings is 2. The van der Waals surface area contributed by atoms with Gasteiger partial charge < -0.3 is 5.32 Å². The predicted octanol–water partition coefficient (Wildman–Crippen LogP) is 4.38. The highest BCUT2D eigenvalue weighted by Gasteiger charge is 2.06. The maximum Gasteiger partial charge on any atom is 0.249 e. The normalized spacial score (nSPS) is 11.0. The highest BCUT2D eigenvalue weighted by Crippen LogP contribution is 2.14. The number of anilines is 1. The molecule has 1 N–H and O–H groups in total. The van der Waals surface area contributed by atoms with Gasteiger partial charge in [0, 0.05) is 17.2 Å². The van der Waals surface area contributed by atoms with E-state index >= 15 is 0 Å². The molecule has 0 bridgehead atoms. The van der Waals surface area contributed by atoms with Gasteiger partial charge in [-0.1, -0.05) is 35.9 Å². The van der Waals surface area contributed by atoms with E-state index in [9.17, 15) is 9.18 Å². The quantitative estimate of drug-likeness (QED) is 0.690. The van der Waals surface area contributed by atoms with Crippen molar-refractivity contribution >= 4 is 29.4 Å². The van der Waals surface area contributed by atoms with Crippen LogP contribution in [-0.4, -0.2) is 15.7 Å². The van der Waals surface area contributed by atoms with Crippen LogP contribution in [0.3, 0.4) is 0 Å². The summed E-state index contributed by atoms with van der Waals surface area (Å²) in [5.41, 5.74) is 1.76. The number of hydrogen-bond acceptors (Lipinski definition) is 2. The number of halogens is 2. The topological polar surface area (TPSA) is 46.9 Å². The molecule has 0 spiro atoms. The van der Waals surface area contributed by atoms with Gasteiger partial charge in [-0.05, 0) is 41.5 Å². The van der Waals surface area contributed by atoms with E-state index in [1.54, 1.807) is 35.2 Å². The number of carbonyl (C=O) groups excluding carboxylic acids is 1. The molecule has 3 aromatic rings. The molecule has 3 rings (SSSR count). The Hall–Kier alpha value is -2.92. The third-order valence-electron chi connectivity index (χ3n) is 3.51. The standard InChI is InChI=1S/C19H15ClFN3O/c20-16-6-1-15(2-7-16)13-24-18(11-12-22-24)23-19(25)10-5-14-3-8-17(21)9-4-14/h1-12H,13H2,(H,23,25). The van der Waals surface area contributed by atoms with Gasteiger partial charge in [-0.2, -0.15) is 5.10 Å². The van der Waals surface area contributed by atoms with E-state index in [0.29, 0.717) is 17.4 Å². The zero-order valence-corrected chi connectivity index (χ0v) is 13.9. The largest absolute Gasteiger partial charge is 0.307 e. The highest BCUT2D eigenvalue weighted by atomic mass is 35.5. The molecule has 0 unspecified atom stereocenters. The van der Waals surface area contributed by atoms with Crippen molar-refractivity contribution in [1.82, 2.24) is 9.78 Å². The van der Waals surface area contributed by atoms with E-state index < -0.39 is 0 Å². The molecule has 1 aromatic heterocycles. The van der Waals surface area contributed by atoms with Crippen molar-refractivity contribution in [3.05, 3.63) is 88.8 Å². The van der Waals surface area contributed by atoms with E-state index in [4.69, 9.17) is 11.6 Å². The van der Waals surface area contributed by atoms with Crippen LogP contribution in [0, 0.1) is 5.82 Å². The maximum absolute atomic E-state index is 12.9. The summed E-state index contributed by atoms with van der Waals surface area (Å²) < 4.78 is 14.5. The van der Waals surface area contributed by atoms with Crippen LogP contribution < -0.4 is 5.32 Å². The van der Waals surface area contributed by atoms with Gasteiger partial charge in [0.05, 0.1) is 12.7 Å². The van der Waals surface area contributed by atoms with Crippen LogP contribution in [0.2, 0.25) is 5.02 Å². The molecule has 0 saturated carbocycles. The van der Waals surface area contributed by atoms with Crippen LogP contribution in [0.25, 0.3) is 6.08 Å². The van der Waals surface area contributed by atoms with E-state index in [1.165, 1.54) is 18.2 Å². The lowest BCUT2D eigenvalue weighted by Gasteiger charge is -2.08. The fourth-order valence-electron chi connectivity index (χ4n) is 2.24. The number of rotatable bonds is 5. The molecule has 0 aliphatic carbocycles. The van der Waals surface area contributed by atoms with Gasteiger partial charge in [0.2, 0.25) is 5.91 Å². The number of amides is 1. The second kappa shape index (κ2) is 7.77. The van der Waals surface area contributed by atoms with Crippen LogP contribution in [-0.2, 0) is 11.3 Å². The van der Waals surface area contributed by atoms with Gasteiger partial charge in [0.15, 0.2) is 0 Å². The Labute approximate surface area is 149 Å². The molecule has 25 heavy (non-hydrogen) atoms. The summed E-state index contributed by atoms with van der Waals surface area (Å²) in [7, 11) is 0. The molecule has 2 aromatic carbocycles. The molecule has 0 aliphatic heterocycles. The fraction of sp³-hybridized carbons (Fsp3) is 0.0526. The van der Waals surface area contributed by atoms with E-state index in [2.05, 4.69) is 10.4 Å². The first-order valence-electron chi connectivity index (χ1n) is 7.61. The minimum atomic E-state index is -0.312. The molecule has 6 heteroatoms. The van der Waals surface area contributed by atoms with Gasteiger partial charge >= 0.3 is 0 Å². The van der Waals surface area contributed by atoms with Crippen molar-refractivity contribution in [2.24, 2.45) is 0 Å². The SMILES string of the molecule is O=C(C=Cc1ccc(F)cc1)Nc1ccnn1Cc1ccc(Cl)cc1. The summed E-state index contributed by atoms with van der Waals surface area (Å²) in [6.07, 6.45) is 4.64. The molecule has 1 heterocycles. The lowest BCUT2D eigenvalue weighted by Crippen LogP contribution is -2.13. The summed E-state index contributed by atoms with van der Waals surface area (Å²) >= 11 is 5.88. The summed E-state index contributed by atoms with van der Waals surface area (Å²) in [6.45, 7) is 0.515. The average molecular weight is 356 g/mol. The van der Waals surface area contributed by atoms with Gasteiger partial charge in [-0.15, -0.1) is 0 Å². The molecule has 1 amide bonds. The third-order valence-corrected chi connectivity index (χ3v) is 3.76. The van der Waals surface area contributed by atoms with Gasteiger partial charge in [0.1, 0.15) is 11.6 Å². The second-order valence-electron chi connectivity index (χ2n) is 5.37. The number of aromatic nitrogens is 2. The third kappa shape index (κ3) is 4.78. The van der Waals surface area contributed by atoms with Crippen molar-refractivity contribution in [2.45, 2.75) is 6.54 Å². The van der Waals surface area contributed by atoms with Crippen molar-refractivity contribution in [3.63, 3.8) is 0 Å². The summed E-state index contributed by atoms with van der Waals surface area (Å²) in [5.74, 6) is -0.0152. The Morgan fingerprint density at radius 1 is 1.12 bits per heavy atom. The average Bonchev–Trinajstić information content (AvgIpc) is 3.03. The lowest BCUT2D eigenvalue weighted by molar-refractivity contribution is -0.111. The molecular weight excluding hydrogens is 341 g/mol. The van der Waals surface area contributed by atoms with Crippen LogP contribution >= 0.6 is 11.6 Å². The van der Waals surface area contributed by atoms with Crippen LogP contribution in [0.1, 0.15) is 11.1 Å². The molecule has 0 aliphatic rings. The Balaban J connectivity index is 1.65. The molecule has 0 fully saturated rings. The number of carbonyl (C=O) groups is 1. The minimum absolute atomic E-state index is 0.290. The van der Waals surface area contributed by atoms with Crippen LogP contribution in [0.5, 0.6) is 0 Å². The molecule has 126 valence electrons. The molecule has 0 radical (unpaired) electrons. The zero-order chi connectivity index (χ0) is 17.6. The lowest BCUT2D eigenvalue weighted by atomic mass is 10.2. The Kier molecular flexibility index (Phi) is 5.26. The van der Waals surface area contributed by atoms with E-state index in [-0.39, 0.29) is 11.7 Å². The van der Waals surface area contributed by atoms with Crippen molar-refractivity contribution in [3.8, 4) is 0 Å². The van der Waals surface area contributed by atoms with Crippen molar-refractivity contribution in [2.75, 3.05) is 5.32 Å². The summed E-state index contributed by atoms with van der Waals surface area (Å²) in [6, 6.07) is 15.0. The van der Waals surface area contributed by atoms with Crippen LogP contribution in [0.4, 0.5) is 10.2 Å². The first-order valence-corrected chi connectivity index (χ1v) is 7.99. The number of nitrogens with zero attached hydrogens (tertiary/aromatic N) is 2. The smallest absolute Gasteiger partial charge is 0.249 e. The second-order valence-corrected chi connectivity index (χ2v) is 5.81. The Morgan fingerprint density at radius 3 is 2.56 bits per heavy atom. The fourth-order valence-corrected chi connectivity index (χ4v) is 2.37. The van der Waals surface area contributed by atoms with Gasteiger partial charge in [-0.3, -0.25) is 4.79 Å². The monoisotopic (exact) mass is 355 g/mol. The highest BCUT2D eigenvalue weighted by molar-refractivity contribution is 6.30. The number of nitrogens with one attached hydrogen (secondary N) is 1. The Morgan fingerprint density at radius 2 is 1.84 bits per heavy atom. The van der Waals surface area contributed by atoms with Crippen LogP contribution in [0.15, 0.2) is 66.9 Å². The first-order chi connectivity index (χ1) is 12.1. The van der Waals surface area contributed by atoms with E-state index in [0.717, 1.165) is 11.1 Å².